The minimum atomic E-state index is -0.870. The van der Waals surface area contributed by atoms with E-state index < -0.39 is 5.97 Å². The van der Waals surface area contributed by atoms with E-state index in [9.17, 15) is 4.79 Å². The fraction of sp³-hybridized carbons (Fsp3) is 0.438. The molecule has 116 valence electrons. The van der Waals surface area contributed by atoms with E-state index in [4.69, 9.17) is 5.11 Å². The van der Waals surface area contributed by atoms with Gasteiger partial charge in [0.25, 0.3) is 0 Å². The first-order valence-electron chi connectivity index (χ1n) is 7.60. The summed E-state index contributed by atoms with van der Waals surface area (Å²) < 4.78 is 1.99. The molecule has 0 spiro atoms. The third-order valence-electron chi connectivity index (χ3n) is 4.28. The maximum absolute atomic E-state index is 10.9. The molecule has 0 saturated carbocycles. The van der Waals surface area contributed by atoms with Crippen LogP contribution in [-0.4, -0.2) is 50.4 Å². The van der Waals surface area contributed by atoms with Crippen LogP contribution in [0.1, 0.15) is 34.7 Å². The van der Waals surface area contributed by atoms with Crippen LogP contribution in [0.15, 0.2) is 36.9 Å². The molecule has 3 rings (SSSR count). The van der Waals surface area contributed by atoms with E-state index in [1.807, 2.05) is 16.7 Å². The summed E-state index contributed by atoms with van der Waals surface area (Å²) in [5.41, 5.74) is 1.59. The van der Waals surface area contributed by atoms with E-state index in [0.29, 0.717) is 11.5 Å². The van der Waals surface area contributed by atoms with E-state index in [-0.39, 0.29) is 0 Å². The van der Waals surface area contributed by atoms with E-state index in [1.54, 1.807) is 24.8 Å². The van der Waals surface area contributed by atoms with E-state index in [0.717, 1.165) is 32.6 Å². The number of likely N-dealkylation sites (tertiary alicyclic amines) is 1. The first-order chi connectivity index (χ1) is 10.7. The Morgan fingerprint density at radius 1 is 1.18 bits per heavy atom. The number of aromatic carboxylic acids is 1. The molecule has 6 nitrogen and oxygen atoms in total. The third-order valence-corrected chi connectivity index (χ3v) is 4.28. The lowest BCUT2D eigenvalue weighted by Crippen LogP contribution is -2.36. The highest BCUT2D eigenvalue weighted by atomic mass is 16.4. The van der Waals surface area contributed by atoms with Gasteiger partial charge in [0.05, 0.1) is 5.56 Å². The molecule has 1 fully saturated rings. The Hall–Kier alpha value is -2.21. The Bertz CT molecular complexity index is 610. The fourth-order valence-electron chi connectivity index (χ4n) is 3.02. The third kappa shape index (κ3) is 3.51. The average Bonchev–Trinajstić information content (AvgIpc) is 3.07. The molecular formula is C16H20N4O2. The number of rotatable bonds is 5. The van der Waals surface area contributed by atoms with Crippen LogP contribution in [-0.2, 0) is 6.54 Å². The van der Waals surface area contributed by atoms with Gasteiger partial charge in [-0.3, -0.25) is 0 Å². The van der Waals surface area contributed by atoms with Gasteiger partial charge < -0.3 is 14.6 Å². The van der Waals surface area contributed by atoms with Gasteiger partial charge in [-0.2, -0.15) is 0 Å². The Kier molecular flexibility index (Phi) is 4.48. The molecule has 1 aromatic heterocycles. The van der Waals surface area contributed by atoms with Gasteiger partial charge in [0.15, 0.2) is 0 Å². The van der Waals surface area contributed by atoms with E-state index >= 15 is 0 Å². The van der Waals surface area contributed by atoms with Gasteiger partial charge in [-0.15, -0.1) is 10.2 Å². The number of carboxylic acid groups (broad SMARTS) is 1. The number of hydrogen-bond acceptors (Lipinski definition) is 4. The summed E-state index contributed by atoms with van der Waals surface area (Å²) in [5.74, 6) is -0.386. The van der Waals surface area contributed by atoms with Crippen LogP contribution in [0, 0.1) is 0 Å². The van der Waals surface area contributed by atoms with Crippen LogP contribution in [0.2, 0.25) is 0 Å². The van der Waals surface area contributed by atoms with Crippen molar-refractivity contribution < 1.29 is 9.90 Å². The minimum absolute atomic E-state index is 0.351. The Morgan fingerprint density at radius 2 is 1.91 bits per heavy atom. The Labute approximate surface area is 129 Å². The Balaban J connectivity index is 1.58. The molecule has 0 amide bonds. The van der Waals surface area contributed by atoms with Crippen LogP contribution in [0.3, 0.4) is 0 Å². The van der Waals surface area contributed by atoms with Crippen molar-refractivity contribution in [1.82, 2.24) is 19.7 Å². The maximum atomic E-state index is 10.9. The number of benzene rings is 1. The van der Waals surface area contributed by atoms with E-state index in [2.05, 4.69) is 15.1 Å². The summed E-state index contributed by atoms with van der Waals surface area (Å²) in [4.78, 5) is 13.4. The van der Waals surface area contributed by atoms with Gasteiger partial charge in [0.1, 0.15) is 12.7 Å². The first kappa shape index (κ1) is 14.7. The van der Waals surface area contributed by atoms with Crippen molar-refractivity contribution in [1.29, 1.82) is 0 Å². The molecule has 0 unspecified atom stereocenters. The molecular weight excluding hydrogens is 280 g/mol. The summed E-state index contributed by atoms with van der Waals surface area (Å²) in [5, 5.41) is 16.6. The molecule has 2 heterocycles. The van der Waals surface area contributed by atoms with Crippen LogP contribution >= 0.6 is 0 Å². The van der Waals surface area contributed by atoms with Crippen molar-refractivity contribution in [2.75, 3.05) is 19.6 Å². The predicted molar refractivity (Wildman–Crippen MR) is 81.8 cm³/mol. The van der Waals surface area contributed by atoms with Crippen molar-refractivity contribution in [3.05, 3.63) is 48.0 Å². The average molecular weight is 300 g/mol. The van der Waals surface area contributed by atoms with Crippen molar-refractivity contribution in [2.45, 2.75) is 25.3 Å². The smallest absolute Gasteiger partial charge is 0.335 e. The fourth-order valence-corrected chi connectivity index (χ4v) is 3.02. The van der Waals surface area contributed by atoms with Crippen LogP contribution in [0.5, 0.6) is 0 Å². The lowest BCUT2D eigenvalue weighted by molar-refractivity contribution is 0.0697. The molecule has 1 aliphatic rings. The zero-order valence-corrected chi connectivity index (χ0v) is 12.4. The minimum Gasteiger partial charge on any atom is -0.478 e. The lowest BCUT2D eigenvalue weighted by Gasteiger charge is -2.33. The molecule has 0 aliphatic carbocycles. The number of piperidine rings is 1. The van der Waals surface area contributed by atoms with Crippen molar-refractivity contribution in [2.24, 2.45) is 0 Å². The van der Waals surface area contributed by atoms with Crippen LogP contribution in [0.4, 0.5) is 0 Å². The molecule has 0 radical (unpaired) electrons. The molecule has 1 saturated heterocycles. The van der Waals surface area contributed by atoms with Gasteiger partial charge in [0.2, 0.25) is 0 Å². The topological polar surface area (TPSA) is 71.2 Å². The van der Waals surface area contributed by atoms with Crippen molar-refractivity contribution in [3.63, 3.8) is 0 Å². The second-order valence-corrected chi connectivity index (χ2v) is 5.77. The van der Waals surface area contributed by atoms with Gasteiger partial charge in [-0.1, -0.05) is 12.1 Å². The van der Waals surface area contributed by atoms with Gasteiger partial charge in [-0.05, 0) is 43.0 Å². The quantitative estimate of drug-likeness (QED) is 0.912. The zero-order valence-electron chi connectivity index (χ0n) is 12.4. The summed E-state index contributed by atoms with van der Waals surface area (Å²) in [6.45, 7) is 4.03. The molecule has 6 heteroatoms. The molecule has 1 N–H and O–H groups in total. The second-order valence-electron chi connectivity index (χ2n) is 5.77. The van der Waals surface area contributed by atoms with Crippen molar-refractivity contribution >= 4 is 5.97 Å². The normalized spacial score (nSPS) is 19.2. The first-order valence-corrected chi connectivity index (χ1v) is 7.60. The van der Waals surface area contributed by atoms with Gasteiger partial charge in [-0.25, -0.2) is 4.79 Å². The molecule has 22 heavy (non-hydrogen) atoms. The monoisotopic (exact) mass is 300 g/mol. The molecule has 1 aliphatic heterocycles. The number of hydrogen-bond donors (Lipinski definition) is 1. The van der Waals surface area contributed by atoms with Gasteiger partial charge in [0, 0.05) is 19.6 Å². The lowest BCUT2D eigenvalue weighted by atomic mass is 9.90. The predicted octanol–water partition coefficient (Wildman–Crippen LogP) is 1.86. The van der Waals surface area contributed by atoms with Crippen molar-refractivity contribution in [3.8, 4) is 0 Å². The standard InChI is InChI=1S/C16H20N4O2/c21-16(22)14-5-3-13(4-6-14)15-2-1-7-19(10-15)8-9-20-11-17-18-12-20/h3-6,11-12,15H,1-2,7-10H2,(H,21,22)/t15-/m0/s1. The Morgan fingerprint density at radius 3 is 2.59 bits per heavy atom. The molecule has 1 atom stereocenters. The summed E-state index contributed by atoms with van der Waals surface area (Å²) in [6, 6.07) is 7.32. The van der Waals surface area contributed by atoms with Gasteiger partial charge >= 0.3 is 5.97 Å². The molecule has 2 aromatic rings. The molecule has 0 bridgehead atoms. The summed E-state index contributed by atoms with van der Waals surface area (Å²) in [6.07, 6.45) is 5.82. The maximum Gasteiger partial charge on any atom is 0.335 e. The summed E-state index contributed by atoms with van der Waals surface area (Å²) >= 11 is 0. The number of nitrogens with zero attached hydrogens (tertiary/aromatic N) is 4. The zero-order chi connectivity index (χ0) is 15.4. The van der Waals surface area contributed by atoms with E-state index in [1.165, 1.54) is 12.0 Å². The SMILES string of the molecule is O=C(O)c1ccc([C@H]2CCCN(CCn3cnnc3)C2)cc1. The highest BCUT2D eigenvalue weighted by Gasteiger charge is 2.21. The number of carboxylic acids is 1. The number of aromatic nitrogens is 3. The number of carbonyl (C=O) groups is 1. The van der Waals surface area contributed by atoms with Crippen LogP contribution in [0.25, 0.3) is 0 Å². The van der Waals surface area contributed by atoms with Crippen LogP contribution < -0.4 is 0 Å². The second kappa shape index (κ2) is 6.70. The largest absolute Gasteiger partial charge is 0.478 e. The highest BCUT2D eigenvalue weighted by Crippen LogP contribution is 2.27. The molecule has 1 aromatic carbocycles. The summed E-state index contributed by atoms with van der Waals surface area (Å²) in [7, 11) is 0. The highest BCUT2D eigenvalue weighted by molar-refractivity contribution is 5.87.